The number of nitrogens with one attached hydrogen (secondary N) is 1. The molecule has 4 aromatic carbocycles. The molecule has 6 rings (SSSR count). The summed E-state index contributed by atoms with van der Waals surface area (Å²) in [5.74, 6) is 0.0542. The van der Waals surface area contributed by atoms with Crippen LogP contribution < -0.4 is 4.72 Å². The highest BCUT2D eigenvalue weighted by Crippen LogP contribution is 2.42. The third-order valence-electron chi connectivity index (χ3n) is 8.75. The van der Waals surface area contributed by atoms with E-state index in [1.165, 1.54) is 0 Å². The van der Waals surface area contributed by atoms with Gasteiger partial charge in [-0.15, -0.1) is 0 Å². The van der Waals surface area contributed by atoms with Gasteiger partial charge in [0.25, 0.3) is 0 Å². The maximum absolute atomic E-state index is 12.8. The molecule has 0 saturated carbocycles. The van der Waals surface area contributed by atoms with Crippen molar-refractivity contribution < 1.29 is 28.1 Å². The first-order chi connectivity index (χ1) is 21.8. The fraction of sp³-hybridized carbons (Fsp3) is 0.333. The Morgan fingerprint density at radius 3 is 2.29 bits per heavy atom. The van der Waals surface area contributed by atoms with E-state index in [0.29, 0.717) is 13.1 Å². The van der Waals surface area contributed by atoms with E-state index < -0.39 is 16.3 Å². The Hall–Kier alpha value is -3.41. The molecule has 2 heterocycles. The predicted molar refractivity (Wildman–Crippen MR) is 172 cm³/mol. The smallest absolute Gasteiger partial charge is 0.240 e. The highest BCUT2D eigenvalue weighted by Gasteiger charge is 2.40. The third-order valence-corrected chi connectivity index (χ3v) is 10.2. The molecule has 8 nitrogen and oxygen atoms in total. The minimum Gasteiger partial charge on any atom is -0.392 e. The Kier molecular flexibility index (Phi) is 9.77. The molecule has 2 fully saturated rings. The summed E-state index contributed by atoms with van der Waals surface area (Å²) in [6.07, 6.45) is -0.497. The van der Waals surface area contributed by atoms with Crippen molar-refractivity contribution in [1.29, 1.82) is 0 Å². The highest BCUT2D eigenvalue weighted by molar-refractivity contribution is 7.89. The van der Waals surface area contributed by atoms with Crippen molar-refractivity contribution >= 4 is 10.0 Å². The van der Waals surface area contributed by atoms with Gasteiger partial charge in [0.2, 0.25) is 10.0 Å². The minimum atomic E-state index is -3.62. The van der Waals surface area contributed by atoms with Gasteiger partial charge in [-0.25, -0.2) is 13.1 Å². The van der Waals surface area contributed by atoms with Gasteiger partial charge in [-0.1, -0.05) is 85.8 Å². The third kappa shape index (κ3) is 7.53. The Balaban J connectivity index is 1.23. The summed E-state index contributed by atoms with van der Waals surface area (Å²) in [6.45, 7) is 4.47. The van der Waals surface area contributed by atoms with Gasteiger partial charge in [-0.3, -0.25) is 4.90 Å². The zero-order valence-electron chi connectivity index (χ0n) is 25.3. The van der Waals surface area contributed by atoms with Crippen molar-refractivity contribution in [2.75, 3.05) is 19.6 Å². The van der Waals surface area contributed by atoms with E-state index in [0.717, 1.165) is 46.3 Å². The van der Waals surface area contributed by atoms with E-state index in [4.69, 9.17) is 9.47 Å². The number of hydrogen-bond donors (Lipinski definition) is 3. The zero-order valence-corrected chi connectivity index (χ0v) is 26.1. The van der Waals surface area contributed by atoms with Crippen molar-refractivity contribution in [2.45, 2.75) is 56.0 Å². The lowest BCUT2D eigenvalue weighted by Crippen LogP contribution is -2.44. The molecule has 0 spiro atoms. The second-order valence-electron chi connectivity index (χ2n) is 12.0. The topological polar surface area (TPSA) is 108 Å². The second-order valence-corrected chi connectivity index (χ2v) is 13.8. The molecule has 0 unspecified atom stereocenters. The van der Waals surface area contributed by atoms with E-state index in [1.54, 1.807) is 30.3 Å². The molecular formula is C36H40N2O6S. The van der Waals surface area contributed by atoms with E-state index >= 15 is 0 Å². The number of β-amino-alcohol motifs (C(OH)–C–C–N with tert-alkyl or cyclic N) is 1. The molecule has 3 N–H and O–H groups in total. The van der Waals surface area contributed by atoms with Crippen LogP contribution in [0.25, 0.3) is 11.1 Å². The lowest BCUT2D eigenvalue weighted by molar-refractivity contribution is -0.276. The van der Waals surface area contributed by atoms with Crippen LogP contribution in [0.2, 0.25) is 0 Å². The molecule has 5 atom stereocenters. The van der Waals surface area contributed by atoms with Crippen LogP contribution in [0.4, 0.5) is 0 Å². The summed E-state index contributed by atoms with van der Waals surface area (Å²) < 4.78 is 41.5. The van der Waals surface area contributed by atoms with E-state index in [9.17, 15) is 18.6 Å². The molecular weight excluding hydrogens is 588 g/mol. The first-order valence-corrected chi connectivity index (χ1v) is 16.9. The average Bonchev–Trinajstić information content (AvgIpc) is 3.49. The van der Waals surface area contributed by atoms with Gasteiger partial charge in [-0.2, -0.15) is 0 Å². The van der Waals surface area contributed by atoms with Crippen LogP contribution in [-0.4, -0.2) is 55.4 Å². The van der Waals surface area contributed by atoms with Gasteiger partial charge < -0.3 is 19.7 Å². The molecule has 0 radical (unpaired) electrons. The number of hydrogen-bond acceptors (Lipinski definition) is 7. The van der Waals surface area contributed by atoms with Crippen molar-refractivity contribution in [1.82, 2.24) is 9.62 Å². The van der Waals surface area contributed by atoms with E-state index in [-0.39, 0.29) is 42.3 Å². The van der Waals surface area contributed by atoms with Crippen molar-refractivity contribution in [3.05, 3.63) is 125 Å². The lowest BCUT2D eigenvalue weighted by Gasteiger charge is -2.42. The SMILES string of the molecule is C[C@H]1[C@@H](CN2CC[C@H](O)C2)O[C@@H](c2cccc(-c3cccc(CNS(=O)(=O)c4ccccc4)c3)c2)O[C@H]1c1ccc(CO)cc1. The van der Waals surface area contributed by atoms with Crippen LogP contribution in [0.5, 0.6) is 0 Å². The molecule has 9 heteroatoms. The standard InChI is InChI=1S/C36H40N2O6S/c1-25-34(23-38-18-17-32(40)22-38)43-36(44-35(25)28-15-13-26(24-39)14-16-28)31-10-6-9-30(20-31)29-8-5-7-27(19-29)21-37-45(41,42)33-11-3-2-4-12-33/h2-16,19-20,25,32,34-37,39-40H,17-18,21-24H2,1H3/t25-,32-,34+,35+,36+/m0/s1. The van der Waals surface area contributed by atoms with Crippen LogP contribution in [0.15, 0.2) is 108 Å². The number of benzene rings is 4. The van der Waals surface area contributed by atoms with Crippen LogP contribution in [-0.2, 0) is 32.6 Å². The molecule has 2 aliphatic rings. The fourth-order valence-electron chi connectivity index (χ4n) is 6.15. The van der Waals surface area contributed by atoms with Gasteiger partial charge in [0.05, 0.1) is 29.8 Å². The van der Waals surface area contributed by atoms with Gasteiger partial charge in [0, 0.05) is 37.7 Å². The number of aliphatic hydroxyl groups is 2. The molecule has 236 valence electrons. The summed E-state index contributed by atoms with van der Waals surface area (Å²) in [5.41, 5.74) is 5.53. The van der Waals surface area contributed by atoms with Gasteiger partial charge >= 0.3 is 0 Å². The Labute approximate surface area is 265 Å². The predicted octanol–water partition coefficient (Wildman–Crippen LogP) is 5.18. The number of nitrogens with zero attached hydrogens (tertiary/aromatic N) is 1. The number of aliphatic hydroxyl groups excluding tert-OH is 2. The number of likely N-dealkylation sites (tertiary alicyclic amines) is 1. The molecule has 0 amide bonds. The van der Waals surface area contributed by atoms with E-state index in [1.807, 2.05) is 66.7 Å². The summed E-state index contributed by atoms with van der Waals surface area (Å²) in [6, 6.07) is 32.1. The zero-order chi connectivity index (χ0) is 31.4. The Morgan fingerprint density at radius 1 is 0.844 bits per heavy atom. The summed E-state index contributed by atoms with van der Waals surface area (Å²) >= 11 is 0. The van der Waals surface area contributed by atoms with Crippen molar-refractivity contribution in [3.8, 4) is 11.1 Å². The maximum atomic E-state index is 12.8. The first-order valence-electron chi connectivity index (χ1n) is 15.4. The molecule has 0 aromatic heterocycles. The summed E-state index contributed by atoms with van der Waals surface area (Å²) in [5, 5.41) is 19.7. The quantitative estimate of drug-likeness (QED) is 0.222. The second kappa shape index (κ2) is 13.9. The molecule has 45 heavy (non-hydrogen) atoms. The Bertz CT molecular complexity index is 1680. The first kappa shape index (κ1) is 31.6. The summed E-state index contributed by atoms with van der Waals surface area (Å²) in [7, 11) is -3.62. The van der Waals surface area contributed by atoms with Gasteiger partial charge in [-0.05, 0) is 58.5 Å². The van der Waals surface area contributed by atoms with E-state index in [2.05, 4.69) is 22.6 Å². The number of rotatable bonds is 10. The van der Waals surface area contributed by atoms with Crippen LogP contribution in [0.3, 0.4) is 0 Å². The molecule has 0 bridgehead atoms. The number of ether oxygens (including phenoxy) is 2. The van der Waals surface area contributed by atoms with Crippen molar-refractivity contribution in [3.63, 3.8) is 0 Å². The number of sulfonamides is 1. The van der Waals surface area contributed by atoms with Crippen molar-refractivity contribution in [2.24, 2.45) is 5.92 Å². The minimum absolute atomic E-state index is 0.0140. The molecule has 0 aliphatic carbocycles. The maximum Gasteiger partial charge on any atom is 0.240 e. The molecule has 4 aromatic rings. The van der Waals surface area contributed by atoms with Crippen LogP contribution in [0.1, 0.15) is 48.0 Å². The van der Waals surface area contributed by atoms with Crippen LogP contribution >= 0.6 is 0 Å². The Morgan fingerprint density at radius 2 is 1.58 bits per heavy atom. The summed E-state index contributed by atoms with van der Waals surface area (Å²) in [4.78, 5) is 2.49. The average molecular weight is 629 g/mol. The monoisotopic (exact) mass is 628 g/mol. The van der Waals surface area contributed by atoms with Gasteiger partial charge in [0.15, 0.2) is 6.29 Å². The lowest BCUT2D eigenvalue weighted by atomic mass is 9.90. The normalized spacial score (nSPS) is 24.1. The largest absolute Gasteiger partial charge is 0.392 e. The van der Waals surface area contributed by atoms with Gasteiger partial charge in [0.1, 0.15) is 0 Å². The molecule has 2 saturated heterocycles. The fourth-order valence-corrected chi connectivity index (χ4v) is 7.19. The van der Waals surface area contributed by atoms with Crippen LogP contribution in [0, 0.1) is 5.92 Å². The highest BCUT2D eigenvalue weighted by atomic mass is 32.2. The molecule has 2 aliphatic heterocycles.